The van der Waals surface area contributed by atoms with E-state index >= 15 is 0 Å². The van der Waals surface area contributed by atoms with Gasteiger partial charge in [-0.25, -0.2) is 9.37 Å². The molecule has 1 saturated heterocycles. The molecule has 0 aromatic carbocycles. The molecule has 86 valence electrons. The van der Waals surface area contributed by atoms with Crippen LogP contribution in [-0.2, 0) is 0 Å². The Balaban J connectivity index is 2.11. The van der Waals surface area contributed by atoms with Crippen LogP contribution in [0.4, 0.5) is 4.39 Å². The average molecular weight is 223 g/mol. The minimum absolute atomic E-state index is 0.0180. The second kappa shape index (κ2) is 4.17. The average Bonchev–Trinajstić information content (AvgIpc) is 2.59. The third kappa shape index (κ3) is 2.04. The van der Waals surface area contributed by atoms with Crippen LogP contribution in [0.2, 0.25) is 0 Å². The molecule has 1 aromatic heterocycles. The number of hydrogen-bond acceptors (Lipinski definition) is 3. The standard InChI is InChI=1S/C11H14FN3O/c1-7-5-15(6-9(7)13)11(16)10-3-2-8(12)4-14-10/h2-4,7,9H,5-6,13H2,1H3. The second-order valence-corrected chi connectivity index (χ2v) is 4.21. The van der Waals surface area contributed by atoms with Crippen molar-refractivity contribution in [3.63, 3.8) is 0 Å². The van der Waals surface area contributed by atoms with Crippen molar-refractivity contribution in [1.29, 1.82) is 0 Å². The normalized spacial score (nSPS) is 24.8. The summed E-state index contributed by atoms with van der Waals surface area (Å²) in [6.45, 7) is 3.19. The summed E-state index contributed by atoms with van der Waals surface area (Å²) in [7, 11) is 0. The molecule has 0 aliphatic carbocycles. The quantitative estimate of drug-likeness (QED) is 0.760. The van der Waals surface area contributed by atoms with E-state index in [1.54, 1.807) is 4.90 Å². The highest BCUT2D eigenvalue weighted by Crippen LogP contribution is 2.16. The van der Waals surface area contributed by atoms with Gasteiger partial charge in [0.2, 0.25) is 0 Å². The molecule has 0 bridgehead atoms. The van der Waals surface area contributed by atoms with E-state index in [9.17, 15) is 9.18 Å². The summed E-state index contributed by atoms with van der Waals surface area (Å²) in [4.78, 5) is 17.4. The fraction of sp³-hybridized carbons (Fsp3) is 0.455. The van der Waals surface area contributed by atoms with Gasteiger partial charge in [-0.2, -0.15) is 0 Å². The fourth-order valence-electron chi connectivity index (χ4n) is 1.82. The highest BCUT2D eigenvalue weighted by Gasteiger charge is 2.30. The molecule has 2 atom stereocenters. The van der Waals surface area contributed by atoms with E-state index < -0.39 is 5.82 Å². The molecule has 4 nitrogen and oxygen atoms in total. The number of carbonyl (C=O) groups is 1. The van der Waals surface area contributed by atoms with Gasteiger partial charge in [0, 0.05) is 19.1 Å². The summed E-state index contributed by atoms with van der Waals surface area (Å²) in [5.74, 6) is -0.327. The molecule has 1 amide bonds. The van der Waals surface area contributed by atoms with Crippen molar-refractivity contribution in [2.24, 2.45) is 11.7 Å². The van der Waals surface area contributed by atoms with Gasteiger partial charge in [0.15, 0.2) is 0 Å². The van der Waals surface area contributed by atoms with Crippen LogP contribution in [-0.4, -0.2) is 34.9 Å². The third-order valence-corrected chi connectivity index (χ3v) is 2.90. The van der Waals surface area contributed by atoms with Gasteiger partial charge in [0.05, 0.1) is 6.20 Å². The van der Waals surface area contributed by atoms with E-state index in [0.29, 0.717) is 19.0 Å². The molecule has 2 unspecified atom stereocenters. The number of nitrogens with two attached hydrogens (primary N) is 1. The predicted octanol–water partition coefficient (Wildman–Crippen LogP) is 0.640. The van der Waals surface area contributed by atoms with Crippen LogP contribution in [0, 0.1) is 11.7 Å². The van der Waals surface area contributed by atoms with Gasteiger partial charge in [-0.15, -0.1) is 0 Å². The first-order valence-corrected chi connectivity index (χ1v) is 5.24. The Labute approximate surface area is 93.3 Å². The fourth-order valence-corrected chi connectivity index (χ4v) is 1.82. The molecule has 1 aliphatic rings. The number of likely N-dealkylation sites (tertiary alicyclic amines) is 1. The van der Waals surface area contributed by atoms with E-state index in [1.807, 2.05) is 6.92 Å². The number of aromatic nitrogens is 1. The van der Waals surface area contributed by atoms with Crippen LogP contribution < -0.4 is 5.73 Å². The number of pyridine rings is 1. The number of nitrogens with zero attached hydrogens (tertiary/aromatic N) is 2. The molecular weight excluding hydrogens is 209 g/mol. The summed E-state index contributed by atoms with van der Waals surface area (Å²) in [6.07, 6.45) is 1.05. The highest BCUT2D eigenvalue weighted by molar-refractivity contribution is 5.92. The van der Waals surface area contributed by atoms with Crippen molar-refractivity contribution >= 4 is 5.91 Å². The number of halogens is 1. The maximum atomic E-state index is 12.6. The minimum atomic E-state index is -0.442. The van der Waals surface area contributed by atoms with Gasteiger partial charge in [0.25, 0.3) is 5.91 Å². The largest absolute Gasteiger partial charge is 0.335 e. The lowest BCUT2D eigenvalue weighted by Gasteiger charge is -2.14. The first kappa shape index (κ1) is 11.0. The maximum absolute atomic E-state index is 12.6. The van der Waals surface area contributed by atoms with Crippen molar-refractivity contribution in [3.05, 3.63) is 29.8 Å². The molecule has 5 heteroatoms. The summed E-state index contributed by atoms with van der Waals surface area (Å²) in [5.41, 5.74) is 6.10. The Morgan fingerprint density at radius 1 is 1.56 bits per heavy atom. The van der Waals surface area contributed by atoms with Gasteiger partial charge in [-0.1, -0.05) is 6.92 Å². The van der Waals surface area contributed by atoms with Gasteiger partial charge < -0.3 is 10.6 Å². The first-order chi connectivity index (χ1) is 7.58. The number of rotatable bonds is 1. The third-order valence-electron chi connectivity index (χ3n) is 2.90. The molecule has 1 aliphatic heterocycles. The second-order valence-electron chi connectivity index (χ2n) is 4.21. The van der Waals surface area contributed by atoms with E-state index in [1.165, 1.54) is 12.1 Å². The zero-order valence-corrected chi connectivity index (χ0v) is 9.06. The highest BCUT2D eigenvalue weighted by atomic mass is 19.1. The number of amides is 1. The van der Waals surface area contributed by atoms with Crippen LogP contribution in [0.25, 0.3) is 0 Å². The lowest BCUT2D eigenvalue weighted by atomic mass is 10.1. The van der Waals surface area contributed by atoms with E-state index in [2.05, 4.69) is 4.98 Å². The molecule has 2 rings (SSSR count). The van der Waals surface area contributed by atoms with Crippen LogP contribution >= 0.6 is 0 Å². The van der Waals surface area contributed by atoms with Gasteiger partial charge in [-0.05, 0) is 18.1 Å². The van der Waals surface area contributed by atoms with Crippen molar-refractivity contribution < 1.29 is 9.18 Å². The summed E-state index contributed by atoms with van der Waals surface area (Å²) >= 11 is 0. The molecule has 1 fully saturated rings. The number of carbonyl (C=O) groups excluding carboxylic acids is 1. The monoisotopic (exact) mass is 223 g/mol. The summed E-state index contributed by atoms with van der Waals surface area (Å²) < 4.78 is 12.6. The number of hydrogen-bond donors (Lipinski definition) is 1. The minimum Gasteiger partial charge on any atom is -0.335 e. The molecule has 0 saturated carbocycles. The SMILES string of the molecule is CC1CN(C(=O)c2ccc(F)cn2)CC1N. The maximum Gasteiger partial charge on any atom is 0.272 e. The van der Waals surface area contributed by atoms with Gasteiger partial charge >= 0.3 is 0 Å². The lowest BCUT2D eigenvalue weighted by molar-refractivity contribution is 0.0781. The Kier molecular flexibility index (Phi) is 2.87. The predicted molar refractivity (Wildman–Crippen MR) is 57.2 cm³/mol. The van der Waals surface area contributed by atoms with Gasteiger partial charge in [0.1, 0.15) is 11.5 Å². The first-order valence-electron chi connectivity index (χ1n) is 5.24. The molecule has 0 spiro atoms. The molecular formula is C11H14FN3O. The molecule has 2 heterocycles. The summed E-state index contributed by atoms with van der Waals surface area (Å²) in [6, 6.07) is 2.65. The Morgan fingerprint density at radius 2 is 2.31 bits per heavy atom. The van der Waals surface area contributed by atoms with Crippen molar-refractivity contribution in [3.8, 4) is 0 Å². The van der Waals surface area contributed by atoms with Crippen molar-refractivity contribution in [2.75, 3.05) is 13.1 Å². The van der Waals surface area contributed by atoms with E-state index in [-0.39, 0.29) is 17.6 Å². The summed E-state index contributed by atoms with van der Waals surface area (Å²) in [5, 5.41) is 0. The Hall–Kier alpha value is -1.49. The smallest absolute Gasteiger partial charge is 0.272 e. The van der Waals surface area contributed by atoms with Crippen molar-refractivity contribution in [2.45, 2.75) is 13.0 Å². The van der Waals surface area contributed by atoms with Gasteiger partial charge in [-0.3, -0.25) is 4.79 Å². The zero-order chi connectivity index (χ0) is 11.7. The Bertz CT molecular complexity index is 383. The van der Waals surface area contributed by atoms with E-state index in [0.717, 1.165) is 6.20 Å². The topological polar surface area (TPSA) is 59.2 Å². The molecule has 0 radical (unpaired) electrons. The lowest BCUT2D eigenvalue weighted by Crippen LogP contribution is -2.32. The van der Waals surface area contributed by atoms with Crippen LogP contribution in [0.1, 0.15) is 17.4 Å². The van der Waals surface area contributed by atoms with Crippen LogP contribution in [0.15, 0.2) is 18.3 Å². The van der Waals surface area contributed by atoms with E-state index in [4.69, 9.17) is 5.73 Å². The van der Waals surface area contributed by atoms with Crippen LogP contribution in [0.3, 0.4) is 0 Å². The Morgan fingerprint density at radius 3 is 2.81 bits per heavy atom. The zero-order valence-electron chi connectivity index (χ0n) is 9.06. The van der Waals surface area contributed by atoms with Crippen LogP contribution in [0.5, 0.6) is 0 Å². The molecule has 16 heavy (non-hydrogen) atoms. The van der Waals surface area contributed by atoms with Crippen molar-refractivity contribution in [1.82, 2.24) is 9.88 Å². The molecule has 1 aromatic rings. The molecule has 2 N–H and O–H groups in total.